The van der Waals surface area contributed by atoms with E-state index in [0.717, 1.165) is 5.56 Å². The molecule has 7 heteroatoms. The maximum absolute atomic E-state index is 12.0. The lowest BCUT2D eigenvalue weighted by Gasteiger charge is -2.30. The van der Waals surface area contributed by atoms with Crippen molar-refractivity contribution in [2.24, 2.45) is 18.9 Å². The average Bonchev–Trinajstić information content (AvgIpc) is 2.84. The standard InChI is InChI=1S/C15H16N4O3/c1-19-8-16-13(18-19)9-2-4-12(5-3-9)17-14(20)10-6-11(7-10)15(21)22/h2-5,8,10-11H,6-7H2,1H3,(H,17,20)(H,21,22). The van der Waals surface area contributed by atoms with Gasteiger partial charge >= 0.3 is 5.97 Å². The highest BCUT2D eigenvalue weighted by Crippen LogP contribution is 2.34. The highest BCUT2D eigenvalue weighted by atomic mass is 16.4. The van der Waals surface area contributed by atoms with Crippen LogP contribution in [-0.4, -0.2) is 31.7 Å². The molecule has 1 amide bonds. The van der Waals surface area contributed by atoms with Crippen LogP contribution in [0.2, 0.25) is 0 Å². The number of carbonyl (C=O) groups is 2. The number of aromatic nitrogens is 3. The molecule has 1 aliphatic carbocycles. The molecule has 3 rings (SSSR count). The number of anilines is 1. The van der Waals surface area contributed by atoms with Crippen molar-refractivity contribution in [1.82, 2.24) is 14.8 Å². The number of hydrogen-bond acceptors (Lipinski definition) is 4. The van der Waals surface area contributed by atoms with Gasteiger partial charge in [0.25, 0.3) is 0 Å². The Kier molecular flexibility index (Phi) is 3.62. The molecular weight excluding hydrogens is 284 g/mol. The van der Waals surface area contributed by atoms with E-state index in [1.165, 1.54) is 0 Å². The summed E-state index contributed by atoms with van der Waals surface area (Å²) in [5, 5.41) is 15.8. The first-order valence-corrected chi connectivity index (χ1v) is 7.02. The maximum Gasteiger partial charge on any atom is 0.306 e. The fraction of sp³-hybridized carbons (Fsp3) is 0.333. The van der Waals surface area contributed by atoms with E-state index in [2.05, 4.69) is 15.4 Å². The number of nitrogens with zero attached hydrogens (tertiary/aromatic N) is 3. The minimum absolute atomic E-state index is 0.124. The molecule has 1 fully saturated rings. The fourth-order valence-electron chi connectivity index (χ4n) is 2.45. The van der Waals surface area contributed by atoms with Gasteiger partial charge in [-0.1, -0.05) is 0 Å². The van der Waals surface area contributed by atoms with E-state index in [1.807, 2.05) is 12.1 Å². The number of hydrogen-bond donors (Lipinski definition) is 2. The molecule has 0 unspecified atom stereocenters. The zero-order chi connectivity index (χ0) is 15.7. The lowest BCUT2D eigenvalue weighted by atomic mass is 9.74. The Balaban J connectivity index is 1.60. The van der Waals surface area contributed by atoms with Gasteiger partial charge in [0.2, 0.25) is 5.91 Å². The van der Waals surface area contributed by atoms with Crippen molar-refractivity contribution < 1.29 is 14.7 Å². The SMILES string of the molecule is Cn1cnc(-c2ccc(NC(=O)C3CC(C(=O)O)C3)cc2)n1. The summed E-state index contributed by atoms with van der Waals surface area (Å²) in [7, 11) is 1.80. The average molecular weight is 300 g/mol. The second kappa shape index (κ2) is 5.59. The molecule has 1 aromatic heterocycles. The minimum atomic E-state index is -0.823. The minimum Gasteiger partial charge on any atom is -0.481 e. The Morgan fingerprint density at radius 3 is 2.45 bits per heavy atom. The molecule has 1 saturated carbocycles. The van der Waals surface area contributed by atoms with Crippen LogP contribution in [0, 0.1) is 11.8 Å². The van der Waals surface area contributed by atoms with Gasteiger partial charge in [-0.3, -0.25) is 14.3 Å². The Bertz CT molecular complexity index is 702. The summed E-state index contributed by atoms with van der Waals surface area (Å²) in [6.07, 6.45) is 2.45. The summed E-state index contributed by atoms with van der Waals surface area (Å²) < 4.78 is 1.63. The number of carboxylic acid groups (broad SMARTS) is 1. The molecule has 1 heterocycles. The number of nitrogens with one attached hydrogen (secondary N) is 1. The third-order valence-electron chi connectivity index (χ3n) is 3.87. The molecule has 0 atom stereocenters. The fourth-order valence-corrected chi connectivity index (χ4v) is 2.45. The zero-order valence-corrected chi connectivity index (χ0v) is 12.1. The van der Waals surface area contributed by atoms with Gasteiger partial charge in [0.1, 0.15) is 6.33 Å². The highest BCUT2D eigenvalue weighted by Gasteiger charge is 2.38. The summed E-state index contributed by atoms with van der Waals surface area (Å²) in [5.41, 5.74) is 1.55. The van der Waals surface area contributed by atoms with Gasteiger partial charge < -0.3 is 10.4 Å². The van der Waals surface area contributed by atoms with Crippen LogP contribution in [0.4, 0.5) is 5.69 Å². The molecule has 0 bridgehead atoms. The molecule has 22 heavy (non-hydrogen) atoms. The zero-order valence-electron chi connectivity index (χ0n) is 12.1. The van der Waals surface area contributed by atoms with Gasteiger partial charge in [-0.25, -0.2) is 4.98 Å². The van der Waals surface area contributed by atoms with E-state index in [0.29, 0.717) is 24.4 Å². The van der Waals surface area contributed by atoms with E-state index >= 15 is 0 Å². The number of benzene rings is 1. The normalized spacial score (nSPS) is 20.2. The number of carbonyl (C=O) groups excluding carboxylic acids is 1. The smallest absolute Gasteiger partial charge is 0.306 e. The van der Waals surface area contributed by atoms with Gasteiger partial charge in [0, 0.05) is 24.2 Å². The summed E-state index contributed by atoms with van der Waals surface area (Å²) in [4.78, 5) is 26.9. The van der Waals surface area contributed by atoms with Crippen molar-refractivity contribution >= 4 is 17.6 Å². The van der Waals surface area contributed by atoms with Gasteiger partial charge in [-0.05, 0) is 37.1 Å². The molecule has 0 radical (unpaired) electrons. The molecule has 114 valence electrons. The van der Waals surface area contributed by atoms with Crippen molar-refractivity contribution in [2.45, 2.75) is 12.8 Å². The molecule has 7 nitrogen and oxygen atoms in total. The number of rotatable bonds is 4. The Hall–Kier alpha value is -2.70. The molecule has 2 aromatic rings. The topological polar surface area (TPSA) is 97.1 Å². The van der Waals surface area contributed by atoms with Crippen LogP contribution in [0.1, 0.15) is 12.8 Å². The first-order valence-electron chi connectivity index (χ1n) is 7.02. The van der Waals surface area contributed by atoms with Crippen LogP contribution >= 0.6 is 0 Å². The van der Waals surface area contributed by atoms with Gasteiger partial charge in [0.15, 0.2) is 5.82 Å². The first kappa shape index (κ1) is 14.2. The summed E-state index contributed by atoms with van der Waals surface area (Å²) in [5.74, 6) is -0.910. The van der Waals surface area contributed by atoms with Crippen molar-refractivity contribution in [2.75, 3.05) is 5.32 Å². The van der Waals surface area contributed by atoms with E-state index in [9.17, 15) is 9.59 Å². The molecule has 2 N–H and O–H groups in total. The summed E-state index contributed by atoms with van der Waals surface area (Å²) >= 11 is 0. The number of aliphatic carboxylic acids is 1. The third-order valence-corrected chi connectivity index (χ3v) is 3.87. The van der Waals surface area contributed by atoms with Crippen molar-refractivity contribution in [3.63, 3.8) is 0 Å². The van der Waals surface area contributed by atoms with Crippen molar-refractivity contribution in [1.29, 1.82) is 0 Å². The second-order valence-corrected chi connectivity index (χ2v) is 5.51. The van der Waals surface area contributed by atoms with Crippen molar-refractivity contribution in [3.8, 4) is 11.4 Å². The maximum atomic E-state index is 12.0. The molecule has 1 aromatic carbocycles. The van der Waals surface area contributed by atoms with E-state index in [1.54, 1.807) is 30.2 Å². The van der Waals surface area contributed by atoms with Crippen LogP contribution < -0.4 is 5.32 Å². The first-order chi connectivity index (χ1) is 10.5. The molecule has 1 aliphatic rings. The van der Waals surface area contributed by atoms with Gasteiger partial charge in [0.05, 0.1) is 5.92 Å². The number of amides is 1. The second-order valence-electron chi connectivity index (χ2n) is 5.51. The third kappa shape index (κ3) is 2.83. The monoisotopic (exact) mass is 300 g/mol. The van der Waals surface area contributed by atoms with E-state index < -0.39 is 5.97 Å². The van der Waals surface area contributed by atoms with Gasteiger partial charge in [-0.2, -0.15) is 5.10 Å². The number of carboxylic acids is 1. The lowest BCUT2D eigenvalue weighted by molar-refractivity contribution is -0.147. The van der Waals surface area contributed by atoms with Gasteiger partial charge in [-0.15, -0.1) is 0 Å². The predicted octanol–water partition coefficient (Wildman–Crippen LogP) is 1.53. The van der Waals surface area contributed by atoms with Crippen LogP contribution in [0.5, 0.6) is 0 Å². The van der Waals surface area contributed by atoms with Crippen LogP contribution in [-0.2, 0) is 16.6 Å². The molecule has 0 aliphatic heterocycles. The summed E-state index contributed by atoms with van der Waals surface area (Å²) in [6, 6.07) is 7.26. The Labute approximate surface area is 127 Å². The lowest BCUT2D eigenvalue weighted by Crippen LogP contribution is -2.38. The van der Waals surface area contributed by atoms with Crippen LogP contribution in [0.25, 0.3) is 11.4 Å². The van der Waals surface area contributed by atoms with Crippen LogP contribution in [0.15, 0.2) is 30.6 Å². The quantitative estimate of drug-likeness (QED) is 0.892. The molecular formula is C15H16N4O3. The largest absolute Gasteiger partial charge is 0.481 e. The van der Waals surface area contributed by atoms with Crippen LogP contribution in [0.3, 0.4) is 0 Å². The summed E-state index contributed by atoms with van der Waals surface area (Å²) in [6.45, 7) is 0. The highest BCUT2D eigenvalue weighted by molar-refractivity contribution is 5.94. The Morgan fingerprint density at radius 1 is 1.23 bits per heavy atom. The molecule has 0 saturated heterocycles. The Morgan fingerprint density at radius 2 is 1.91 bits per heavy atom. The molecule has 0 spiro atoms. The van der Waals surface area contributed by atoms with Crippen molar-refractivity contribution in [3.05, 3.63) is 30.6 Å². The predicted molar refractivity (Wildman–Crippen MR) is 78.9 cm³/mol. The van der Waals surface area contributed by atoms with E-state index in [-0.39, 0.29) is 17.7 Å². The van der Waals surface area contributed by atoms with E-state index in [4.69, 9.17) is 5.11 Å². The number of aryl methyl sites for hydroxylation is 1.